The minimum atomic E-state index is 0.238. The van der Waals surface area contributed by atoms with Crippen LogP contribution < -0.4 is 10.1 Å². The fraction of sp³-hybridized carbons (Fsp3) is 0.0800. The first-order valence-corrected chi connectivity index (χ1v) is 14.1. The van der Waals surface area contributed by atoms with Crippen molar-refractivity contribution in [2.24, 2.45) is 0 Å². The Balaban J connectivity index is 1.47. The zero-order valence-corrected chi connectivity index (χ0v) is 22.5. The van der Waals surface area contributed by atoms with Gasteiger partial charge in [-0.05, 0) is 60.4 Å². The monoisotopic (exact) mass is 582 g/mol. The Bertz CT molecular complexity index is 1480. The highest BCUT2D eigenvalue weighted by Crippen LogP contribution is 2.39. The molecule has 2 aromatic heterocycles. The number of anilines is 2. The molecule has 6 nitrogen and oxygen atoms in total. The van der Waals surface area contributed by atoms with Crippen molar-refractivity contribution in [2.45, 2.75) is 20.7 Å². The molecular formula is C25H19BrN4O2S3. The molecule has 0 amide bonds. The summed E-state index contributed by atoms with van der Waals surface area (Å²) in [6.07, 6.45) is 3.52. The van der Waals surface area contributed by atoms with Gasteiger partial charge in [-0.25, -0.2) is 15.0 Å². The summed E-state index contributed by atoms with van der Waals surface area (Å²) in [5.41, 5.74) is 2.60. The second kappa shape index (κ2) is 10.9. The summed E-state index contributed by atoms with van der Waals surface area (Å²) in [5.74, 6) is 1.67. The van der Waals surface area contributed by atoms with Gasteiger partial charge in [0.2, 0.25) is 0 Å². The van der Waals surface area contributed by atoms with E-state index in [1.54, 1.807) is 47.0 Å². The molecule has 0 aliphatic heterocycles. The average Bonchev–Trinajstić information content (AvgIpc) is 3.30. The second-order valence-corrected chi connectivity index (χ2v) is 11.4. The maximum atomic E-state index is 9.64. The number of hydrogen-bond donors (Lipinski definition) is 2. The summed E-state index contributed by atoms with van der Waals surface area (Å²) < 4.78 is 8.96. The topological polar surface area (TPSA) is 80.2 Å². The van der Waals surface area contributed by atoms with Crippen LogP contribution in [0.5, 0.6) is 11.5 Å². The second-order valence-electron chi connectivity index (χ2n) is 7.36. The highest BCUT2D eigenvalue weighted by atomic mass is 79.9. The molecule has 0 fully saturated rings. The molecule has 176 valence electrons. The molecule has 0 atom stereocenters. The highest BCUT2D eigenvalue weighted by Gasteiger charge is 2.14. The lowest BCUT2D eigenvalue weighted by atomic mass is 10.2. The van der Waals surface area contributed by atoms with Crippen LogP contribution in [0.15, 0.2) is 91.7 Å². The molecular weight excluding hydrogens is 564 g/mol. The molecule has 0 aliphatic rings. The van der Waals surface area contributed by atoms with E-state index >= 15 is 0 Å². The summed E-state index contributed by atoms with van der Waals surface area (Å²) >= 11 is 8.24. The van der Waals surface area contributed by atoms with Crippen LogP contribution in [0.3, 0.4) is 0 Å². The third-order valence-corrected chi connectivity index (χ3v) is 8.52. The Kier molecular flexibility index (Phi) is 7.43. The fourth-order valence-electron chi connectivity index (χ4n) is 3.26. The van der Waals surface area contributed by atoms with E-state index in [0.717, 1.165) is 40.3 Å². The molecule has 5 aromatic rings. The SMILES string of the molecule is CSc1nc2ncnc(Nc3cc(OCc4cccc(Br)c4)ccc3Sc3ccc(O)cc3)c2s1. The third-order valence-electron chi connectivity index (χ3n) is 4.91. The first kappa shape index (κ1) is 23.9. The summed E-state index contributed by atoms with van der Waals surface area (Å²) in [5, 5.41) is 13.1. The number of aromatic hydroxyl groups is 1. The van der Waals surface area contributed by atoms with E-state index in [1.807, 2.05) is 60.9 Å². The Morgan fingerprint density at radius 1 is 1.06 bits per heavy atom. The lowest BCUT2D eigenvalue weighted by Crippen LogP contribution is -1.99. The van der Waals surface area contributed by atoms with Crippen LogP contribution >= 0.6 is 50.8 Å². The van der Waals surface area contributed by atoms with E-state index in [-0.39, 0.29) is 5.75 Å². The number of phenols is 1. The Morgan fingerprint density at radius 2 is 1.91 bits per heavy atom. The molecule has 10 heteroatoms. The van der Waals surface area contributed by atoms with Gasteiger partial charge in [0.1, 0.15) is 29.1 Å². The largest absolute Gasteiger partial charge is 0.508 e. The van der Waals surface area contributed by atoms with E-state index in [9.17, 15) is 5.11 Å². The first-order valence-electron chi connectivity index (χ1n) is 10.5. The van der Waals surface area contributed by atoms with Crippen LogP contribution in [0.4, 0.5) is 11.5 Å². The number of thioether (sulfide) groups is 1. The molecule has 0 bridgehead atoms. The van der Waals surface area contributed by atoms with Gasteiger partial charge >= 0.3 is 0 Å². The fourth-order valence-corrected chi connectivity index (χ4v) is 6.05. The van der Waals surface area contributed by atoms with Crippen molar-refractivity contribution in [3.63, 3.8) is 0 Å². The number of hydrogen-bond acceptors (Lipinski definition) is 9. The quantitative estimate of drug-likeness (QED) is 0.180. The van der Waals surface area contributed by atoms with E-state index < -0.39 is 0 Å². The number of rotatable bonds is 8. The molecule has 0 unspecified atom stereocenters. The maximum Gasteiger partial charge on any atom is 0.176 e. The normalized spacial score (nSPS) is 11.0. The summed E-state index contributed by atoms with van der Waals surface area (Å²) in [6.45, 7) is 0.451. The molecule has 0 saturated carbocycles. The average molecular weight is 584 g/mol. The van der Waals surface area contributed by atoms with E-state index in [2.05, 4.69) is 36.2 Å². The van der Waals surface area contributed by atoms with Gasteiger partial charge in [-0.3, -0.25) is 0 Å². The van der Waals surface area contributed by atoms with Crippen LogP contribution in [0.25, 0.3) is 10.3 Å². The van der Waals surface area contributed by atoms with Crippen molar-refractivity contribution in [3.8, 4) is 11.5 Å². The number of nitrogens with zero attached hydrogens (tertiary/aromatic N) is 3. The van der Waals surface area contributed by atoms with Crippen molar-refractivity contribution in [1.29, 1.82) is 0 Å². The number of aromatic nitrogens is 3. The van der Waals surface area contributed by atoms with Gasteiger partial charge in [-0.1, -0.05) is 51.6 Å². The van der Waals surface area contributed by atoms with E-state index in [0.29, 0.717) is 18.1 Å². The predicted molar refractivity (Wildman–Crippen MR) is 147 cm³/mol. The number of halogens is 1. The summed E-state index contributed by atoms with van der Waals surface area (Å²) in [4.78, 5) is 15.4. The van der Waals surface area contributed by atoms with Crippen LogP contribution in [0.1, 0.15) is 5.56 Å². The lowest BCUT2D eigenvalue weighted by Gasteiger charge is -2.14. The molecule has 35 heavy (non-hydrogen) atoms. The minimum Gasteiger partial charge on any atom is -0.508 e. The lowest BCUT2D eigenvalue weighted by molar-refractivity contribution is 0.306. The molecule has 5 rings (SSSR count). The number of benzene rings is 3. The van der Waals surface area contributed by atoms with Gasteiger partial charge in [0.05, 0.1) is 5.69 Å². The predicted octanol–water partition coefficient (Wildman–Crippen LogP) is 7.75. The van der Waals surface area contributed by atoms with Gasteiger partial charge < -0.3 is 15.2 Å². The maximum absolute atomic E-state index is 9.64. The molecule has 2 heterocycles. The van der Waals surface area contributed by atoms with Crippen LogP contribution in [-0.2, 0) is 6.61 Å². The number of nitrogens with one attached hydrogen (secondary N) is 1. The van der Waals surface area contributed by atoms with Gasteiger partial charge in [-0.15, -0.1) is 11.3 Å². The first-order chi connectivity index (χ1) is 17.1. The number of phenolic OH excluding ortho intramolecular Hbond substituents is 1. The molecule has 0 saturated heterocycles. The Hall–Kier alpha value is -2.79. The zero-order chi connectivity index (χ0) is 24.2. The Morgan fingerprint density at radius 3 is 2.71 bits per heavy atom. The zero-order valence-electron chi connectivity index (χ0n) is 18.4. The van der Waals surface area contributed by atoms with Gasteiger partial charge in [0.15, 0.2) is 15.8 Å². The van der Waals surface area contributed by atoms with Crippen LogP contribution in [0, 0.1) is 0 Å². The van der Waals surface area contributed by atoms with Crippen molar-refractivity contribution >= 4 is 72.6 Å². The molecule has 2 N–H and O–H groups in total. The molecule has 3 aromatic carbocycles. The minimum absolute atomic E-state index is 0.238. The van der Waals surface area contributed by atoms with E-state index in [1.165, 1.54) is 6.33 Å². The molecule has 0 aliphatic carbocycles. The van der Waals surface area contributed by atoms with Crippen molar-refractivity contribution in [3.05, 3.63) is 83.1 Å². The summed E-state index contributed by atoms with van der Waals surface area (Å²) in [6, 6.07) is 21.1. The highest BCUT2D eigenvalue weighted by molar-refractivity contribution is 9.10. The van der Waals surface area contributed by atoms with Gasteiger partial charge in [0.25, 0.3) is 0 Å². The van der Waals surface area contributed by atoms with Crippen LogP contribution in [0.2, 0.25) is 0 Å². The Labute approximate surface area is 223 Å². The third kappa shape index (κ3) is 5.90. The number of ether oxygens (including phenoxy) is 1. The smallest absolute Gasteiger partial charge is 0.176 e. The van der Waals surface area contributed by atoms with Crippen molar-refractivity contribution in [1.82, 2.24) is 15.0 Å². The van der Waals surface area contributed by atoms with Gasteiger partial charge in [0, 0.05) is 20.3 Å². The van der Waals surface area contributed by atoms with Crippen molar-refractivity contribution < 1.29 is 9.84 Å². The standard InChI is InChI=1S/C25H19BrN4O2S3/c1-33-25-30-24-22(35-25)23(27-14-28-24)29-20-12-18(32-13-15-3-2-4-16(26)11-15)7-10-21(20)34-19-8-5-17(31)6-9-19/h2-12,14,31H,13H2,1H3,(H,27,28,29). The summed E-state index contributed by atoms with van der Waals surface area (Å²) in [7, 11) is 0. The van der Waals surface area contributed by atoms with E-state index in [4.69, 9.17) is 4.74 Å². The van der Waals surface area contributed by atoms with Crippen molar-refractivity contribution in [2.75, 3.05) is 11.6 Å². The van der Waals surface area contributed by atoms with Crippen LogP contribution in [-0.4, -0.2) is 26.3 Å². The molecule has 0 spiro atoms. The molecule has 0 radical (unpaired) electrons. The van der Waals surface area contributed by atoms with Gasteiger partial charge in [-0.2, -0.15) is 0 Å². The number of thiazole rings is 1. The number of fused-ring (bicyclic) bond motifs is 1.